The summed E-state index contributed by atoms with van der Waals surface area (Å²) in [6.45, 7) is 6.60. The van der Waals surface area contributed by atoms with E-state index in [1.807, 2.05) is 0 Å². The largest absolute Gasteiger partial charge is 0.316 e. The van der Waals surface area contributed by atoms with Crippen LogP contribution in [0, 0.1) is 5.92 Å². The molecular formula is C13H26N2. The Morgan fingerprint density at radius 3 is 2.47 bits per heavy atom. The van der Waals surface area contributed by atoms with Gasteiger partial charge in [0.25, 0.3) is 0 Å². The fraction of sp³-hybridized carbons (Fsp3) is 1.00. The second-order valence-electron chi connectivity index (χ2n) is 5.26. The monoisotopic (exact) mass is 210 g/mol. The maximum atomic E-state index is 3.52. The summed E-state index contributed by atoms with van der Waals surface area (Å²) in [7, 11) is 0. The Bertz CT molecular complexity index is 156. The van der Waals surface area contributed by atoms with E-state index < -0.39 is 0 Å². The van der Waals surface area contributed by atoms with Crippen LogP contribution in [0.1, 0.15) is 44.9 Å². The molecule has 0 amide bonds. The average Bonchev–Trinajstić information content (AvgIpc) is 2.56. The second kappa shape index (κ2) is 6.49. The van der Waals surface area contributed by atoms with E-state index in [0.29, 0.717) is 0 Å². The van der Waals surface area contributed by atoms with Crippen LogP contribution in [0.2, 0.25) is 0 Å². The van der Waals surface area contributed by atoms with Gasteiger partial charge in [-0.15, -0.1) is 0 Å². The molecule has 1 atom stereocenters. The molecule has 2 saturated heterocycles. The van der Waals surface area contributed by atoms with Crippen molar-refractivity contribution in [1.29, 1.82) is 0 Å². The van der Waals surface area contributed by atoms with E-state index in [9.17, 15) is 0 Å². The Morgan fingerprint density at radius 1 is 1.00 bits per heavy atom. The smallest absolute Gasteiger partial charge is 0.00156 e. The number of rotatable bonds is 3. The van der Waals surface area contributed by atoms with Crippen LogP contribution in [0.25, 0.3) is 0 Å². The molecule has 0 unspecified atom stereocenters. The molecule has 0 radical (unpaired) electrons. The molecule has 2 aliphatic heterocycles. The summed E-state index contributed by atoms with van der Waals surface area (Å²) in [6, 6.07) is 0. The third-order valence-corrected chi connectivity index (χ3v) is 3.95. The molecular weight excluding hydrogens is 184 g/mol. The minimum Gasteiger partial charge on any atom is -0.316 e. The maximum Gasteiger partial charge on any atom is -0.00156 e. The van der Waals surface area contributed by atoms with Crippen LogP contribution >= 0.6 is 0 Å². The lowest BCUT2D eigenvalue weighted by Gasteiger charge is -2.26. The zero-order valence-corrected chi connectivity index (χ0v) is 10.0. The van der Waals surface area contributed by atoms with Crippen LogP contribution in [0.5, 0.6) is 0 Å². The molecule has 0 aromatic heterocycles. The van der Waals surface area contributed by atoms with Gasteiger partial charge in [0.1, 0.15) is 0 Å². The molecule has 2 fully saturated rings. The molecule has 2 heteroatoms. The van der Waals surface area contributed by atoms with E-state index >= 15 is 0 Å². The lowest BCUT2D eigenvalue weighted by atomic mass is 9.96. The van der Waals surface area contributed by atoms with E-state index in [-0.39, 0.29) is 0 Å². The van der Waals surface area contributed by atoms with Crippen LogP contribution in [-0.4, -0.2) is 37.6 Å². The Balaban J connectivity index is 1.62. The summed E-state index contributed by atoms with van der Waals surface area (Å²) in [5.41, 5.74) is 0. The summed E-state index contributed by atoms with van der Waals surface area (Å²) in [6.07, 6.45) is 10.1. The molecule has 2 heterocycles. The second-order valence-corrected chi connectivity index (χ2v) is 5.26. The SMILES string of the molecule is C1CCCN(CC[C@@H]2CCCNC2)CC1. The predicted octanol–water partition coefficient (Wildman–Crippen LogP) is 2.25. The van der Waals surface area contributed by atoms with Crippen molar-refractivity contribution in [2.45, 2.75) is 44.9 Å². The molecule has 2 nitrogen and oxygen atoms in total. The first kappa shape index (κ1) is 11.4. The van der Waals surface area contributed by atoms with Gasteiger partial charge in [-0.1, -0.05) is 12.8 Å². The van der Waals surface area contributed by atoms with Crippen LogP contribution < -0.4 is 5.32 Å². The van der Waals surface area contributed by atoms with E-state index in [2.05, 4.69) is 10.2 Å². The van der Waals surface area contributed by atoms with Crippen molar-refractivity contribution in [2.75, 3.05) is 32.7 Å². The lowest BCUT2D eigenvalue weighted by Crippen LogP contribution is -2.33. The van der Waals surface area contributed by atoms with E-state index in [0.717, 1.165) is 5.92 Å². The van der Waals surface area contributed by atoms with Crippen LogP contribution in [0.4, 0.5) is 0 Å². The number of hydrogen-bond acceptors (Lipinski definition) is 2. The molecule has 1 N–H and O–H groups in total. The molecule has 0 aromatic rings. The Kier molecular flexibility index (Phi) is 4.94. The molecule has 2 rings (SSSR count). The van der Waals surface area contributed by atoms with Crippen LogP contribution in [0.15, 0.2) is 0 Å². The van der Waals surface area contributed by atoms with E-state index in [1.54, 1.807) is 0 Å². The van der Waals surface area contributed by atoms with Gasteiger partial charge in [-0.2, -0.15) is 0 Å². The number of piperidine rings is 1. The van der Waals surface area contributed by atoms with Crippen molar-refractivity contribution < 1.29 is 0 Å². The van der Waals surface area contributed by atoms with Gasteiger partial charge in [0.15, 0.2) is 0 Å². The molecule has 88 valence electrons. The minimum atomic E-state index is 0.960. The summed E-state index contributed by atoms with van der Waals surface area (Å²) in [5, 5.41) is 3.52. The van der Waals surface area contributed by atoms with E-state index in [1.165, 1.54) is 77.7 Å². The first-order valence-corrected chi connectivity index (χ1v) is 6.88. The first-order valence-electron chi connectivity index (χ1n) is 6.88. The summed E-state index contributed by atoms with van der Waals surface area (Å²) < 4.78 is 0. The van der Waals surface area contributed by atoms with Crippen LogP contribution in [-0.2, 0) is 0 Å². The summed E-state index contributed by atoms with van der Waals surface area (Å²) in [4.78, 5) is 2.70. The third kappa shape index (κ3) is 4.12. The van der Waals surface area contributed by atoms with Gasteiger partial charge < -0.3 is 10.2 Å². The highest BCUT2D eigenvalue weighted by Crippen LogP contribution is 2.16. The molecule has 2 aliphatic rings. The highest BCUT2D eigenvalue weighted by Gasteiger charge is 2.15. The van der Waals surface area contributed by atoms with E-state index in [4.69, 9.17) is 0 Å². The molecule has 0 saturated carbocycles. The first-order chi connectivity index (χ1) is 7.45. The highest BCUT2D eigenvalue weighted by molar-refractivity contribution is 4.71. The lowest BCUT2D eigenvalue weighted by molar-refractivity contribution is 0.244. The van der Waals surface area contributed by atoms with Gasteiger partial charge in [0.2, 0.25) is 0 Å². The van der Waals surface area contributed by atoms with Gasteiger partial charge in [-0.25, -0.2) is 0 Å². The third-order valence-electron chi connectivity index (χ3n) is 3.95. The molecule has 15 heavy (non-hydrogen) atoms. The molecule has 0 bridgehead atoms. The fourth-order valence-electron chi connectivity index (χ4n) is 2.90. The maximum absolute atomic E-state index is 3.52. The average molecular weight is 210 g/mol. The van der Waals surface area contributed by atoms with Gasteiger partial charge in [0, 0.05) is 0 Å². The number of nitrogens with zero attached hydrogens (tertiary/aromatic N) is 1. The zero-order valence-electron chi connectivity index (χ0n) is 10.0. The van der Waals surface area contributed by atoms with Gasteiger partial charge in [-0.3, -0.25) is 0 Å². The summed E-state index contributed by atoms with van der Waals surface area (Å²) in [5.74, 6) is 0.960. The van der Waals surface area contributed by atoms with Gasteiger partial charge in [0.05, 0.1) is 0 Å². The number of hydrogen-bond donors (Lipinski definition) is 1. The Labute approximate surface area is 94.4 Å². The highest BCUT2D eigenvalue weighted by atomic mass is 15.1. The normalized spacial score (nSPS) is 30.0. The zero-order chi connectivity index (χ0) is 10.3. The van der Waals surface area contributed by atoms with Crippen molar-refractivity contribution >= 4 is 0 Å². The Morgan fingerprint density at radius 2 is 1.80 bits per heavy atom. The van der Waals surface area contributed by atoms with Crippen molar-refractivity contribution in [3.8, 4) is 0 Å². The standard InChI is InChI=1S/C13H26N2/c1-2-4-10-15(9-3-1)11-7-13-6-5-8-14-12-13/h13-14H,1-12H2/t13-/m0/s1. The van der Waals surface area contributed by atoms with Crippen LogP contribution in [0.3, 0.4) is 0 Å². The molecule has 0 aliphatic carbocycles. The fourth-order valence-corrected chi connectivity index (χ4v) is 2.90. The molecule has 0 aromatic carbocycles. The summed E-state index contributed by atoms with van der Waals surface area (Å²) >= 11 is 0. The molecule has 0 spiro atoms. The number of nitrogens with one attached hydrogen (secondary N) is 1. The quantitative estimate of drug-likeness (QED) is 0.768. The topological polar surface area (TPSA) is 15.3 Å². The number of likely N-dealkylation sites (tertiary alicyclic amines) is 1. The van der Waals surface area contributed by atoms with Gasteiger partial charge in [-0.05, 0) is 70.7 Å². The van der Waals surface area contributed by atoms with Crippen molar-refractivity contribution in [3.63, 3.8) is 0 Å². The van der Waals surface area contributed by atoms with Crippen molar-refractivity contribution in [2.24, 2.45) is 5.92 Å². The van der Waals surface area contributed by atoms with Crippen molar-refractivity contribution in [1.82, 2.24) is 10.2 Å². The minimum absolute atomic E-state index is 0.960. The van der Waals surface area contributed by atoms with Crippen molar-refractivity contribution in [3.05, 3.63) is 0 Å². The predicted molar refractivity (Wildman–Crippen MR) is 65.1 cm³/mol. The van der Waals surface area contributed by atoms with Gasteiger partial charge >= 0.3 is 0 Å². The Hall–Kier alpha value is -0.0800.